The van der Waals surface area contributed by atoms with Crippen molar-refractivity contribution in [2.75, 3.05) is 0 Å². The van der Waals surface area contributed by atoms with Crippen LogP contribution in [0.15, 0.2) is 23.7 Å². The number of aldehydes is 1. The minimum absolute atomic E-state index is 0.477. The number of pyridine rings is 1. The van der Waals surface area contributed by atoms with Gasteiger partial charge in [0.05, 0.1) is 5.69 Å². The van der Waals surface area contributed by atoms with Gasteiger partial charge in [-0.2, -0.15) is 4.39 Å². The fraction of sp³-hybridized carbons (Fsp3) is 0.182. The molecular weight excluding hydrogens is 227 g/mol. The summed E-state index contributed by atoms with van der Waals surface area (Å²) in [5.74, 6) is -0.499. The Balaban J connectivity index is 2.17. The van der Waals surface area contributed by atoms with E-state index >= 15 is 0 Å². The van der Waals surface area contributed by atoms with Crippen molar-refractivity contribution in [2.24, 2.45) is 0 Å². The fourth-order valence-electron chi connectivity index (χ4n) is 1.26. The predicted molar refractivity (Wildman–Crippen MR) is 59.7 cm³/mol. The number of aryl methyl sites for hydroxylation is 1. The van der Waals surface area contributed by atoms with E-state index in [2.05, 4.69) is 9.97 Å². The Labute approximate surface area is 96.0 Å². The van der Waals surface area contributed by atoms with E-state index in [9.17, 15) is 9.18 Å². The molecule has 0 aromatic carbocycles. The summed E-state index contributed by atoms with van der Waals surface area (Å²) in [6.07, 6.45) is 3.45. The van der Waals surface area contributed by atoms with Gasteiger partial charge in [-0.05, 0) is 18.6 Å². The highest BCUT2D eigenvalue weighted by Gasteiger charge is 2.05. The Kier molecular flexibility index (Phi) is 3.36. The number of carbonyl (C=O) groups excluding carboxylic acids is 1. The van der Waals surface area contributed by atoms with Gasteiger partial charge in [-0.3, -0.25) is 0 Å². The predicted octanol–water partition coefficient (Wildman–Crippen LogP) is 2.48. The second kappa shape index (κ2) is 4.94. The van der Waals surface area contributed by atoms with Crippen LogP contribution in [-0.2, 0) is 11.2 Å². The number of rotatable bonds is 4. The zero-order chi connectivity index (χ0) is 11.4. The second-order valence-electron chi connectivity index (χ2n) is 3.22. The molecule has 2 heterocycles. The molecule has 0 bridgehead atoms. The fourth-order valence-corrected chi connectivity index (χ4v) is 2.11. The van der Waals surface area contributed by atoms with E-state index in [0.717, 1.165) is 22.6 Å². The van der Waals surface area contributed by atoms with E-state index in [1.165, 1.54) is 23.6 Å². The summed E-state index contributed by atoms with van der Waals surface area (Å²) >= 11 is 1.47. The lowest BCUT2D eigenvalue weighted by Gasteiger charge is -1.94. The van der Waals surface area contributed by atoms with Crippen molar-refractivity contribution >= 4 is 17.6 Å². The summed E-state index contributed by atoms with van der Waals surface area (Å²) < 4.78 is 12.6. The van der Waals surface area contributed by atoms with E-state index in [-0.39, 0.29) is 0 Å². The molecule has 0 atom stereocenters. The highest BCUT2D eigenvalue weighted by molar-refractivity contribution is 7.13. The molecule has 0 aliphatic heterocycles. The van der Waals surface area contributed by atoms with Crippen molar-refractivity contribution in [3.8, 4) is 10.6 Å². The Morgan fingerprint density at radius 1 is 1.44 bits per heavy atom. The maximum Gasteiger partial charge on any atom is 0.212 e. The zero-order valence-corrected chi connectivity index (χ0v) is 9.21. The lowest BCUT2D eigenvalue weighted by atomic mass is 10.2. The third-order valence-corrected chi connectivity index (χ3v) is 2.98. The van der Waals surface area contributed by atoms with Crippen LogP contribution in [0.4, 0.5) is 4.39 Å². The number of nitrogens with zero attached hydrogens (tertiary/aromatic N) is 2. The van der Waals surface area contributed by atoms with Crippen LogP contribution in [0.2, 0.25) is 0 Å². The maximum absolute atomic E-state index is 12.6. The van der Waals surface area contributed by atoms with Gasteiger partial charge in [0.15, 0.2) is 0 Å². The molecule has 0 fully saturated rings. The van der Waals surface area contributed by atoms with Crippen LogP contribution in [0.25, 0.3) is 10.6 Å². The van der Waals surface area contributed by atoms with Crippen LogP contribution in [0, 0.1) is 5.95 Å². The van der Waals surface area contributed by atoms with E-state index in [0.29, 0.717) is 12.8 Å². The number of thiazole rings is 1. The van der Waals surface area contributed by atoms with Crippen LogP contribution >= 0.6 is 11.3 Å². The topological polar surface area (TPSA) is 42.9 Å². The number of hydrogen-bond acceptors (Lipinski definition) is 4. The molecule has 0 aliphatic carbocycles. The summed E-state index contributed by atoms with van der Waals surface area (Å²) in [5, 5.41) is 2.70. The monoisotopic (exact) mass is 236 g/mol. The summed E-state index contributed by atoms with van der Waals surface area (Å²) in [5.41, 5.74) is 1.68. The Hall–Kier alpha value is -1.62. The Morgan fingerprint density at radius 2 is 2.31 bits per heavy atom. The molecule has 2 rings (SSSR count). The molecule has 82 valence electrons. The molecule has 5 heteroatoms. The first kappa shape index (κ1) is 10.9. The van der Waals surface area contributed by atoms with E-state index in [1.54, 1.807) is 6.07 Å². The molecule has 0 aliphatic rings. The third kappa shape index (κ3) is 2.49. The first-order chi connectivity index (χ1) is 7.79. The molecule has 0 N–H and O–H groups in total. The molecule has 0 radical (unpaired) electrons. The van der Waals surface area contributed by atoms with E-state index < -0.39 is 5.95 Å². The molecule has 0 unspecified atom stereocenters. The molecule has 0 spiro atoms. The lowest BCUT2D eigenvalue weighted by molar-refractivity contribution is -0.107. The molecule has 0 saturated carbocycles. The van der Waals surface area contributed by atoms with Gasteiger partial charge >= 0.3 is 0 Å². The first-order valence-corrected chi connectivity index (χ1v) is 5.67. The quantitative estimate of drug-likeness (QED) is 0.605. The van der Waals surface area contributed by atoms with Crippen molar-refractivity contribution in [3.05, 3.63) is 35.4 Å². The summed E-state index contributed by atoms with van der Waals surface area (Å²) in [6.45, 7) is 0. The number of carbonyl (C=O) groups is 1. The highest BCUT2D eigenvalue weighted by Crippen LogP contribution is 2.23. The van der Waals surface area contributed by atoms with Gasteiger partial charge < -0.3 is 4.79 Å². The van der Waals surface area contributed by atoms with Gasteiger partial charge in [0.2, 0.25) is 5.95 Å². The van der Waals surface area contributed by atoms with Crippen molar-refractivity contribution in [1.29, 1.82) is 0 Å². The van der Waals surface area contributed by atoms with Gasteiger partial charge in [0.1, 0.15) is 11.3 Å². The summed E-state index contributed by atoms with van der Waals surface area (Å²) in [6, 6.07) is 2.95. The third-order valence-electron chi connectivity index (χ3n) is 2.04. The Morgan fingerprint density at radius 3 is 3.00 bits per heavy atom. The van der Waals surface area contributed by atoms with Crippen LogP contribution < -0.4 is 0 Å². The standard InChI is InChI=1S/C11H9FN2OS/c12-10-4-3-8(6-13-10)11-14-9(7-16-11)2-1-5-15/h3-7H,1-2H2. The normalized spacial score (nSPS) is 10.3. The van der Waals surface area contributed by atoms with Crippen molar-refractivity contribution in [2.45, 2.75) is 12.8 Å². The van der Waals surface area contributed by atoms with Crippen LogP contribution in [0.1, 0.15) is 12.1 Å². The molecule has 16 heavy (non-hydrogen) atoms. The Bertz CT molecular complexity index is 481. The first-order valence-electron chi connectivity index (χ1n) is 4.79. The van der Waals surface area contributed by atoms with Crippen LogP contribution in [0.3, 0.4) is 0 Å². The lowest BCUT2D eigenvalue weighted by Crippen LogP contribution is -1.87. The van der Waals surface area contributed by atoms with Gasteiger partial charge in [-0.25, -0.2) is 9.97 Å². The van der Waals surface area contributed by atoms with Crippen molar-refractivity contribution in [3.63, 3.8) is 0 Å². The largest absolute Gasteiger partial charge is 0.303 e. The van der Waals surface area contributed by atoms with E-state index in [1.807, 2.05) is 5.38 Å². The van der Waals surface area contributed by atoms with Gasteiger partial charge in [-0.15, -0.1) is 11.3 Å². The van der Waals surface area contributed by atoms with Gasteiger partial charge in [0, 0.05) is 23.6 Å². The summed E-state index contributed by atoms with van der Waals surface area (Å²) in [4.78, 5) is 18.1. The average Bonchev–Trinajstić information content (AvgIpc) is 2.76. The van der Waals surface area contributed by atoms with Crippen LogP contribution in [0.5, 0.6) is 0 Å². The van der Waals surface area contributed by atoms with Crippen molar-refractivity contribution in [1.82, 2.24) is 9.97 Å². The molecule has 2 aromatic heterocycles. The molecule has 3 nitrogen and oxygen atoms in total. The van der Waals surface area contributed by atoms with E-state index in [4.69, 9.17) is 0 Å². The number of halogens is 1. The van der Waals surface area contributed by atoms with Crippen molar-refractivity contribution < 1.29 is 9.18 Å². The molecular formula is C11H9FN2OS. The SMILES string of the molecule is O=CCCc1csc(-c2ccc(F)nc2)n1. The second-order valence-corrected chi connectivity index (χ2v) is 4.08. The molecule has 2 aromatic rings. The molecule has 0 saturated heterocycles. The van der Waals surface area contributed by atoms with Gasteiger partial charge in [0.25, 0.3) is 0 Å². The average molecular weight is 236 g/mol. The maximum atomic E-state index is 12.6. The van der Waals surface area contributed by atoms with Gasteiger partial charge in [-0.1, -0.05) is 0 Å². The smallest absolute Gasteiger partial charge is 0.212 e. The zero-order valence-electron chi connectivity index (χ0n) is 8.39. The molecule has 0 amide bonds. The minimum Gasteiger partial charge on any atom is -0.303 e. The summed E-state index contributed by atoms with van der Waals surface area (Å²) in [7, 11) is 0. The number of aromatic nitrogens is 2. The number of hydrogen-bond donors (Lipinski definition) is 0. The van der Waals surface area contributed by atoms with Crippen LogP contribution in [-0.4, -0.2) is 16.3 Å². The minimum atomic E-state index is -0.499. The highest BCUT2D eigenvalue weighted by atomic mass is 32.1.